The summed E-state index contributed by atoms with van der Waals surface area (Å²) in [5.74, 6) is 0. The molecular formula is C132H75Ir2N6O4-2. The molecule has 0 unspecified atom stereocenters. The Hall–Kier alpha value is -17.9. The van der Waals surface area contributed by atoms with Gasteiger partial charge >= 0.3 is 20.1 Å². The Morgan fingerprint density at radius 3 is 0.618 bits per heavy atom. The van der Waals surface area contributed by atoms with Gasteiger partial charge in [0.2, 0.25) is 0 Å². The van der Waals surface area contributed by atoms with E-state index in [-0.39, 0.29) is 40.2 Å². The molecule has 0 atom stereocenters. The van der Waals surface area contributed by atoms with Crippen molar-refractivity contribution in [1.29, 1.82) is 0 Å². The monoisotopic (exact) mass is 2190 g/mol. The van der Waals surface area contributed by atoms with Gasteiger partial charge in [-0.1, -0.05) is 324 Å². The molecule has 12 heteroatoms. The van der Waals surface area contributed by atoms with Crippen LogP contribution in [0.5, 0.6) is 0 Å². The number of fused-ring (bicyclic) bond motifs is 12. The summed E-state index contributed by atoms with van der Waals surface area (Å²) in [6, 6.07) is 164. The topological polar surface area (TPSA) is 130 Å². The van der Waals surface area contributed by atoms with Crippen LogP contribution in [0.4, 0.5) is 0 Å². The second kappa shape index (κ2) is 37.1. The van der Waals surface area contributed by atoms with Crippen LogP contribution in [-0.2, 0) is 40.2 Å². The average molecular weight is 2190 g/mol. The van der Waals surface area contributed by atoms with Crippen LogP contribution in [0.1, 0.15) is 0 Å². The molecule has 0 amide bonds. The molecule has 0 fully saturated rings. The summed E-state index contributed by atoms with van der Waals surface area (Å²) in [5, 5.41) is 8.37. The van der Waals surface area contributed by atoms with Gasteiger partial charge in [0.15, 0.2) is 0 Å². The first-order chi connectivity index (χ1) is 70.3. The van der Waals surface area contributed by atoms with Gasteiger partial charge in [-0.05, 0) is 206 Å². The molecule has 0 aliphatic carbocycles. The van der Waals surface area contributed by atoms with E-state index >= 15 is 0 Å². The van der Waals surface area contributed by atoms with Crippen molar-refractivity contribution in [3.8, 4) is 201 Å². The van der Waals surface area contributed by atoms with E-state index in [0.29, 0.717) is 5.69 Å². The van der Waals surface area contributed by atoms with Crippen molar-refractivity contribution in [1.82, 2.24) is 29.9 Å². The van der Waals surface area contributed by atoms with Gasteiger partial charge in [-0.25, -0.2) is 0 Å². The molecular weight excluding hydrogens is 2120 g/mol. The van der Waals surface area contributed by atoms with E-state index in [2.05, 4.69) is 352 Å². The van der Waals surface area contributed by atoms with Gasteiger partial charge in [-0.2, -0.15) is 0 Å². The predicted octanol–water partition coefficient (Wildman–Crippen LogP) is 34.7. The maximum Gasteiger partial charge on any atom is 3.00 e. The van der Waals surface area contributed by atoms with Gasteiger partial charge in [0.05, 0.1) is 28.0 Å². The van der Waals surface area contributed by atoms with Gasteiger partial charge in [0.1, 0.15) is 22.3 Å². The molecule has 18 aromatic carbocycles. The van der Waals surface area contributed by atoms with E-state index in [4.69, 9.17) is 47.6 Å². The fourth-order valence-electron chi connectivity index (χ4n) is 20.4. The normalized spacial score (nSPS) is 11.5. The van der Waals surface area contributed by atoms with Crippen molar-refractivity contribution in [3.05, 3.63) is 486 Å². The maximum atomic E-state index is 6.18. The average Bonchev–Trinajstić information content (AvgIpc) is 0.823. The van der Waals surface area contributed by atoms with E-state index in [1.54, 1.807) is 0 Å². The second-order valence-corrected chi connectivity index (χ2v) is 35.8. The van der Waals surface area contributed by atoms with E-state index in [1.165, 1.54) is 0 Å². The number of pyridine rings is 4. The Bertz CT molecular complexity index is 8660. The number of furan rings is 4. The van der Waals surface area contributed by atoms with Crippen molar-refractivity contribution >= 4 is 87.8 Å². The van der Waals surface area contributed by atoms with Crippen LogP contribution in [0.15, 0.2) is 473 Å². The minimum atomic E-state index is 0. The van der Waals surface area contributed by atoms with Gasteiger partial charge < -0.3 is 42.6 Å². The molecule has 9 aromatic heterocycles. The number of nitrogens with zero attached hydrogens (tertiary/aromatic N) is 6. The van der Waals surface area contributed by atoms with E-state index in [0.717, 1.165) is 283 Å². The van der Waals surface area contributed by atoms with Crippen molar-refractivity contribution in [2.75, 3.05) is 0 Å². The first kappa shape index (κ1) is 87.6. The molecule has 0 saturated carbocycles. The van der Waals surface area contributed by atoms with Gasteiger partial charge in [0.25, 0.3) is 0 Å². The van der Waals surface area contributed by atoms with Crippen molar-refractivity contribution in [2.45, 2.75) is 0 Å². The number of rotatable bonds is 18. The Labute approximate surface area is 855 Å². The minimum Gasteiger partial charge on any atom is -0.500 e. The van der Waals surface area contributed by atoms with E-state index < -0.39 is 0 Å². The van der Waals surface area contributed by atoms with Crippen LogP contribution in [0.2, 0.25) is 0 Å². The molecule has 9 heterocycles. The van der Waals surface area contributed by atoms with Crippen molar-refractivity contribution in [3.63, 3.8) is 0 Å². The number of benzene rings is 18. The third kappa shape index (κ3) is 16.1. The smallest absolute Gasteiger partial charge is 0.500 e. The Kier molecular flexibility index (Phi) is 22.5. The molecule has 27 rings (SSSR count). The fourth-order valence-corrected chi connectivity index (χ4v) is 20.4. The van der Waals surface area contributed by atoms with Crippen molar-refractivity contribution in [2.24, 2.45) is 0 Å². The van der Waals surface area contributed by atoms with Gasteiger partial charge in [-0.3, -0.25) is 4.98 Å². The SMILES string of the molecule is [Ir+3].[Ir].[c-]1cc(-c2ccccc2-c2cc(-c3ccccc3-c3ccc(-c4[c-]cc5oc6ccccc6c5c4)nc3)cc(-c3ccccc3-c3ccc(-c4[c-]cc5oc6ccccc6c5c4)nc3)c2)ccc1-c1cnc(-c2ccc(-c3ccccc3-c3cc(-c4ccccc4-c4ccc(-c5[c-]cc6oc7ccccc7c6c5)nc4)cc(-c4ccccc4-c4ccc(-c5[c-]cc6oc7ccccc7c6c5)nc4)c3)cc2)cn1. The van der Waals surface area contributed by atoms with E-state index in [9.17, 15) is 0 Å². The minimum absolute atomic E-state index is 0. The number of para-hydroxylation sites is 4. The zero-order chi connectivity index (χ0) is 93.7. The zero-order valence-electron chi connectivity index (χ0n) is 76.8. The number of hydrogen-bond donors (Lipinski definition) is 0. The molecule has 0 saturated heterocycles. The Morgan fingerprint density at radius 1 is 0.146 bits per heavy atom. The summed E-state index contributed by atoms with van der Waals surface area (Å²) >= 11 is 0. The molecule has 1 radical (unpaired) electrons. The van der Waals surface area contributed by atoms with Crippen LogP contribution < -0.4 is 0 Å². The molecule has 0 bridgehead atoms. The van der Waals surface area contributed by atoms with Crippen LogP contribution in [0.3, 0.4) is 0 Å². The summed E-state index contributed by atoms with van der Waals surface area (Å²) in [7, 11) is 0. The van der Waals surface area contributed by atoms with Crippen LogP contribution in [0, 0.1) is 30.3 Å². The quantitative estimate of drug-likeness (QED) is 0.0766. The Morgan fingerprint density at radius 2 is 0.361 bits per heavy atom. The molecule has 27 aromatic rings. The number of aromatic nitrogens is 6. The molecule has 0 N–H and O–H groups in total. The first-order valence-electron chi connectivity index (χ1n) is 47.3. The van der Waals surface area contributed by atoms with E-state index in [1.807, 2.05) is 134 Å². The van der Waals surface area contributed by atoms with Crippen LogP contribution >= 0.6 is 0 Å². The molecule has 0 aliphatic rings. The summed E-state index contributed by atoms with van der Waals surface area (Å²) in [6.07, 6.45) is 11.6. The van der Waals surface area contributed by atoms with Gasteiger partial charge in [-0.15, -0.1) is 125 Å². The zero-order valence-corrected chi connectivity index (χ0v) is 81.6. The molecule has 10 nitrogen and oxygen atoms in total. The van der Waals surface area contributed by atoms with Crippen LogP contribution in [0.25, 0.3) is 289 Å². The maximum absolute atomic E-state index is 6.18. The summed E-state index contributed by atoms with van der Waals surface area (Å²) in [4.78, 5) is 30.7. The predicted molar refractivity (Wildman–Crippen MR) is 574 cm³/mol. The summed E-state index contributed by atoms with van der Waals surface area (Å²) < 4.78 is 24.7. The Balaban J connectivity index is 0.00000543. The largest absolute Gasteiger partial charge is 3.00 e. The van der Waals surface area contributed by atoms with Gasteiger partial charge in [0, 0.05) is 90.1 Å². The third-order valence-electron chi connectivity index (χ3n) is 27.5. The summed E-state index contributed by atoms with van der Waals surface area (Å²) in [5.41, 5.74) is 41.6. The summed E-state index contributed by atoms with van der Waals surface area (Å²) in [6.45, 7) is 0. The first-order valence-corrected chi connectivity index (χ1v) is 47.3. The standard InChI is InChI=1S/C132H75N6O4.2Ir/c1-7-27-105(93-65-95(107-29-9-3-23-101(107)89-49-57-119(133-75-89)85-53-61-129-115(71-85)111-33-13-17-37-125(111)139-129)69-96(66-93)108-30-10-4-24-102(108)90-50-58-120(134-76-90)86-54-62-130-116(72-86)112-34-14-18-38-126(112)140-130)99(21-1)81-41-45-83(46-42-81)123-79-138-124(80-137-123)84-47-43-82(44-48-84)100-22-2-8-28-106(100)94-67-97(109-31-11-5-25-103(109)91-51-59-121(135-77-91)87-55-63-131-117(73-87)113-35-15-19-39-127(113)141-131)70-98(68-94)110-32-12-6-26-104(110)92-52-60-122(136-78-92)88-56-64-132-118(74-88)114-36-16-20-40-128(114)142-132;;/h1-47,49-52,57-80H;;/q-5;;+3. The fraction of sp³-hybridized carbons (Fsp3) is 0. The van der Waals surface area contributed by atoms with Crippen molar-refractivity contribution < 1.29 is 57.9 Å². The molecule has 144 heavy (non-hydrogen) atoms. The molecule has 0 spiro atoms. The third-order valence-corrected chi connectivity index (χ3v) is 27.5. The molecule has 677 valence electrons. The molecule has 0 aliphatic heterocycles. The second-order valence-electron chi connectivity index (χ2n) is 35.8. The van der Waals surface area contributed by atoms with Crippen LogP contribution in [-0.4, -0.2) is 29.9 Å². The number of hydrogen-bond acceptors (Lipinski definition) is 10.